The van der Waals surface area contributed by atoms with E-state index in [0.29, 0.717) is 85.1 Å². The molecular weight excluding hydrogens is 470 g/mol. The fraction of sp³-hybridized carbons (Fsp3) is 0.880. The molecule has 0 heterocycles. The summed E-state index contributed by atoms with van der Waals surface area (Å²) < 4.78 is 26.9. The van der Waals surface area contributed by atoms with Gasteiger partial charge in [0, 0.05) is 80.0 Å². The molecule has 0 bridgehead atoms. The summed E-state index contributed by atoms with van der Waals surface area (Å²) in [5.74, 6) is 0.100. The molecule has 0 aliphatic heterocycles. The minimum atomic E-state index is 0.0105. The van der Waals surface area contributed by atoms with Gasteiger partial charge in [-0.25, -0.2) is 0 Å². The van der Waals surface area contributed by atoms with Gasteiger partial charge in [-0.1, -0.05) is 0 Å². The highest BCUT2D eigenvalue weighted by molar-refractivity contribution is 5.76. The first-order chi connectivity index (χ1) is 17.5. The normalized spacial score (nSPS) is 10.9. The summed E-state index contributed by atoms with van der Waals surface area (Å²) in [4.78, 5) is 36.4. The predicted molar refractivity (Wildman–Crippen MR) is 137 cm³/mol. The van der Waals surface area contributed by atoms with Crippen LogP contribution in [0.1, 0.15) is 57.8 Å². The maximum absolute atomic E-state index is 11.9. The van der Waals surface area contributed by atoms with Gasteiger partial charge in [0.05, 0.1) is 19.8 Å². The third-order valence-electron chi connectivity index (χ3n) is 5.13. The lowest BCUT2D eigenvalue weighted by Gasteiger charge is -2.17. The minimum absolute atomic E-state index is 0.0105. The number of unbranched alkanes of at least 4 members (excludes halogenated alkanes) is 2. The maximum Gasteiger partial charge on any atom is 0.224 e. The van der Waals surface area contributed by atoms with Crippen LogP contribution in [0.3, 0.4) is 0 Å². The third kappa shape index (κ3) is 23.9. The second-order valence-electron chi connectivity index (χ2n) is 8.35. The Morgan fingerprint density at radius 1 is 0.639 bits per heavy atom. The number of nitrogens with zero attached hydrogens (tertiary/aromatic N) is 1. The molecule has 0 saturated heterocycles. The van der Waals surface area contributed by atoms with Gasteiger partial charge in [0.15, 0.2) is 0 Å². The van der Waals surface area contributed by atoms with Crippen molar-refractivity contribution in [2.45, 2.75) is 57.8 Å². The Hall–Kier alpha value is -1.79. The van der Waals surface area contributed by atoms with E-state index in [0.717, 1.165) is 32.1 Å². The van der Waals surface area contributed by atoms with E-state index in [9.17, 15) is 14.4 Å². The lowest BCUT2D eigenvalue weighted by molar-refractivity contribution is -0.135. The predicted octanol–water partition coefficient (Wildman–Crippen LogP) is 1.49. The van der Waals surface area contributed by atoms with E-state index in [1.165, 1.54) is 0 Å². The van der Waals surface area contributed by atoms with Crippen LogP contribution in [-0.4, -0.2) is 110 Å². The first kappa shape index (κ1) is 34.2. The van der Waals surface area contributed by atoms with Gasteiger partial charge in [-0.15, -0.1) is 0 Å². The standard InChI is InChI=1S/C25H49N3O8/c1-26-23(29)11-8-16-33-17-9-18-34-19-13-27-24(30)10-4-7-15-35-20-21-36-22-28(2)25(31)12-5-6-14-32-3/h4-22H2,1-3H3,(H,26,29)(H,27,30). The van der Waals surface area contributed by atoms with Crippen molar-refractivity contribution in [2.75, 3.05) is 87.3 Å². The van der Waals surface area contributed by atoms with Gasteiger partial charge in [0.1, 0.15) is 6.73 Å². The zero-order chi connectivity index (χ0) is 26.7. The minimum Gasteiger partial charge on any atom is -0.385 e. The quantitative estimate of drug-likeness (QED) is 0.130. The van der Waals surface area contributed by atoms with Crippen LogP contribution in [0.15, 0.2) is 0 Å². The second-order valence-corrected chi connectivity index (χ2v) is 8.35. The van der Waals surface area contributed by atoms with E-state index in [1.54, 1.807) is 26.1 Å². The number of methoxy groups -OCH3 is 1. The van der Waals surface area contributed by atoms with Gasteiger partial charge in [0.2, 0.25) is 17.7 Å². The zero-order valence-corrected chi connectivity index (χ0v) is 22.6. The van der Waals surface area contributed by atoms with Crippen LogP contribution in [-0.2, 0) is 38.1 Å². The Kier molecular flexibility index (Phi) is 25.0. The largest absolute Gasteiger partial charge is 0.385 e. The molecule has 36 heavy (non-hydrogen) atoms. The number of ether oxygens (including phenoxy) is 5. The number of hydrogen-bond donors (Lipinski definition) is 2. The van der Waals surface area contributed by atoms with E-state index in [1.807, 2.05) is 0 Å². The van der Waals surface area contributed by atoms with Crippen LogP contribution in [0, 0.1) is 0 Å². The lowest BCUT2D eigenvalue weighted by atomic mass is 10.2. The molecule has 0 saturated carbocycles. The van der Waals surface area contributed by atoms with Crippen molar-refractivity contribution in [3.8, 4) is 0 Å². The van der Waals surface area contributed by atoms with Crippen molar-refractivity contribution in [2.24, 2.45) is 0 Å². The molecule has 0 aliphatic carbocycles. The molecule has 0 spiro atoms. The molecule has 0 fully saturated rings. The molecular formula is C25H49N3O8. The Morgan fingerprint density at radius 2 is 1.22 bits per heavy atom. The Balaban J connectivity index is 3.34. The molecule has 0 rings (SSSR count). The monoisotopic (exact) mass is 519 g/mol. The van der Waals surface area contributed by atoms with Crippen LogP contribution in [0.25, 0.3) is 0 Å². The molecule has 0 aromatic heterocycles. The van der Waals surface area contributed by atoms with E-state index < -0.39 is 0 Å². The van der Waals surface area contributed by atoms with Gasteiger partial charge < -0.3 is 39.2 Å². The highest BCUT2D eigenvalue weighted by Crippen LogP contribution is 2.00. The molecule has 0 atom stereocenters. The first-order valence-corrected chi connectivity index (χ1v) is 13.0. The van der Waals surface area contributed by atoms with E-state index >= 15 is 0 Å². The van der Waals surface area contributed by atoms with Crippen LogP contribution < -0.4 is 10.6 Å². The van der Waals surface area contributed by atoms with Crippen LogP contribution >= 0.6 is 0 Å². The Bertz CT molecular complexity index is 551. The first-order valence-electron chi connectivity index (χ1n) is 13.0. The summed E-state index contributed by atoms with van der Waals surface area (Å²) in [7, 11) is 5.01. The summed E-state index contributed by atoms with van der Waals surface area (Å²) in [6.45, 7) is 5.09. The number of amides is 3. The molecule has 0 aromatic rings. The summed E-state index contributed by atoms with van der Waals surface area (Å²) >= 11 is 0. The van der Waals surface area contributed by atoms with Gasteiger partial charge in [-0.05, 0) is 38.5 Å². The van der Waals surface area contributed by atoms with Gasteiger partial charge in [0.25, 0.3) is 0 Å². The highest BCUT2D eigenvalue weighted by Gasteiger charge is 2.08. The van der Waals surface area contributed by atoms with Crippen molar-refractivity contribution in [1.82, 2.24) is 15.5 Å². The average Bonchev–Trinajstić information content (AvgIpc) is 2.88. The van der Waals surface area contributed by atoms with Crippen LogP contribution in [0.5, 0.6) is 0 Å². The van der Waals surface area contributed by atoms with Crippen LogP contribution in [0.2, 0.25) is 0 Å². The van der Waals surface area contributed by atoms with E-state index in [2.05, 4.69) is 10.6 Å². The van der Waals surface area contributed by atoms with Gasteiger partial charge in [-0.2, -0.15) is 0 Å². The average molecular weight is 520 g/mol. The number of hydrogen-bond acceptors (Lipinski definition) is 8. The van der Waals surface area contributed by atoms with Gasteiger partial charge >= 0.3 is 0 Å². The smallest absolute Gasteiger partial charge is 0.224 e. The van der Waals surface area contributed by atoms with E-state index in [-0.39, 0.29) is 24.5 Å². The van der Waals surface area contributed by atoms with E-state index in [4.69, 9.17) is 23.7 Å². The molecule has 0 aromatic carbocycles. The molecule has 11 heteroatoms. The maximum atomic E-state index is 11.9. The molecule has 3 amide bonds. The molecule has 0 unspecified atom stereocenters. The summed E-state index contributed by atoms with van der Waals surface area (Å²) in [5, 5.41) is 5.42. The molecule has 2 N–H and O–H groups in total. The molecule has 212 valence electrons. The molecule has 0 radical (unpaired) electrons. The zero-order valence-electron chi connectivity index (χ0n) is 22.6. The summed E-state index contributed by atoms with van der Waals surface area (Å²) in [6, 6.07) is 0. The summed E-state index contributed by atoms with van der Waals surface area (Å²) in [6.07, 6.45) is 6.17. The number of nitrogens with one attached hydrogen (secondary N) is 2. The fourth-order valence-electron chi connectivity index (χ4n) is 2.97. The third-order valence-corrected chi connectivity index (χ3v) is 5.13. The fourth-order valence-corrected chi connectivity index (χ4v) is 2.97. The van der Waals surface area contributed by atoms with Crippen molar-refractivity contribution in [3.05, 3.63) is 0 Å². The number of rotatable bonds is 26. The van der Waals surface area contributed by atoms with Crippen molar-refractivity contribution < 1.29 is 38.1 Å². The molecule has 11 nitrogen and oxygen atoms in total. The SMILES string of the molecule is CNC(=O)CCCOCCCOCCNC(=O)CCCCOCCOCN(C)C(=O)CCCCOC. The number of carbonyl (C=O) groups is 3. The highest BCUT2D eigenvalue weighted by atomic mass is 16.5. The summed E-state index contributed by atoms with van der Waals surface area (Å²) in [5.41, 5.74) is 0. The van der Waals surface area contributed by atoms with Gasteiger partial charge in [-0.3, -0.25) is 14.4 Å². The second kappa shape index (κ2) is 26.3. The Labute approximate surface area is 216 Å². The lowest BCUT2D eigenvalue weighted by Crippen LogP contribution is -2.29. The van der Waals surface area contributed by atoms with Crippen molar-refractivity contribution in [1.29, 1.82) is 0 Å². The van der Waals surface area contributed by atoms with Crippen molar-refractivity contribution >= 4 is 17.7 Å². The Morgan fingerprint density at radius 3 is 1.97 bits per heavy atom. The molecule has 0 aliphatic rings. The van der Waals surface area contributed by atoms with Crippen molar-refractivity contribution in [3.63, 3.8) is 0 Å². The van der Waals surface area contributed by atoms with Crippen LogP contribution in [0.4, 0.5) is 0 Å². The number of carbonyl (C=O) groups excluding carboxylic acids is 3. The topological polar surface area (TPSA) is 125 Å².